The fraction of sp³-hybridized carbons (Fsp3) is 0.150. The monoisotopic (exact) mass is 398 g/mol. The van der Waals surface area contributed by atoms with Crippen LogP contribution in [0.4, 0.5) is 21.6 Å². The van der Waals surface area contributed by atoms with Crippen molar-refractivity contribution >= 4 is 23.1 Å². The van der Waals surface area contributed by atoms with E-state index in [1.165, 1.54) is 39.8 Å². The van der Waals surface area contributed by atoms with Crippen LogP contribution in [0.1, 0.15) is 10.5 Å². The second-order valence-corrected chi connectivity index (χ2v) is 5.76. The molecular weight excluding hydrogens is 379 g/mol. The summed E-state index contributed by atoms with van der Waals surface area (Å²) in [5, 5.41) is 5.54. The molecule has 0 fully saturated rings. The fourth-order valence-electron chi connectivity index (χ4n) is 2.60. The molecule has 9 heteroatoms. The predicted octanol–water partition coefficient (Wildman–Crippen LogP) is 3.64. The van der Waals surface area contributed by atoms with Crippen LogP contribution in [-0.4, -0.2) is 37.2 Å². The lowest BCUT2D eigenvalue weighted by molar-refractivity contribution is 0.102. The summed E-state index contributed by atoms with van der Waals surface area (Å²) in [5.74, 6) is 0.554. The van der Waals surface area contributed by atoms with E-state index in [1.807, 2.05) is 0 Å². The maximum atomic E-state index is 13.8. The Bertz CT molecular complexity index is 1000. The Hall–Kier alpha value is -3.88. The number of anilines is 3. The summed E-state index contributed by atoms with van der Waals surface area (Å²) < 4.78 is 29.6. The topological polar surface area (TPSA) is 94.6 Å². The molecule has 150 valence electrons. The molecule has 3 rings (SSSR count). The normalized spacial score (nSPS) is 10.2. The van der Waals surface area contributed by atoms with E-state index in [-0.39, 0.29) is 17.2 Å². The molecule has 29 heavy (non-hydrogen) atoms. The van der Waals surface area contributed by atoms with Crippen LogP contribution in [-0.2, 0) is 0 Å². The summed E-state index contributed by atoms with van der Waals surface area (Å²) in [6.45, 7) is 0. The highest BCUT2D eigenvalue weighted by Crippen LogP contribution is 2.40. The van der Waals surface area contributed by atoms with Crippen LogP contribution in [0.25, 0.3) is 0 Å². The quantitative estimate of drug-likeness (QED) is 0.627. The van der Waals surface area contributed by atoms with Gasteiger partial charge in [0.2, 0.25) is 5.75 Å². The van der Waals surface area contributed by atoms with E-state index in [4.69, 9.17) is 14.2 Å². The Morgan fingerprint density at radius 3 is 2.28 bits per heavy atom. The third-order valence-electron chi connectivity index (χ3n) is 3.96. The number of methoxy groups -OCH3 is 3. The number of rotatable bonds is 7. The summed E-state index contributed by atoms with van der Waals surface area (Å²) in [6.07, 6.45) is 1.22. The molecule has 0 saturated heterocycles. The summed E-state index contributed by atoms with van der Waals surface area (Å²) >= 11 is 0. The largest absolute Gasteiger partial charge is 0.493 e. The minimum atomic E-state index is -0.488. The number of amides is 1. The molecule has 0 spiro atoms. The van der Waals surface area contributed by atoms with Crippen LogP contribution < -0.4 is 24.8 Å². The van der Waals surface area contributed by atoms with Gasteiger partial charge in [0.25, 0.3) is 5.91 Å². The first-order chi connectivity index (χ1) is 14.0. The number of hydrogen-bond donors (Lipinski definition) is 2. The molecule has 1 heterocycles. The van der Waals surface area contributed by atoms with E-state index in [1.54, 1.807) is 30.3 Å². The van der Waals surface area contributed by atoms with Crippen LogP contribution in [0.3, 0.4) is 0 Å². The molecule has 0 aliphatic rings. The van der Waals surface area contributed by atoms with Gasteiger partial charge in [0.1, 0.15) is 23.7 Å². The number of hydrogen-bond acceptors (Lipinski definition) is 7. The van der Waals surface area contributed by atoms with Crippen LogP contribution in [0.5, 0.6) is 17.2 Å². The molecule has 0 aliphatic heterocycles. The first-order valence-corrected chi connectivity index (χ1v) is 8.50. The summed E-state index contributed by atoms with van der Waals surface area (Å²) in [5.41, 5.74) is 0.751. The van der Waals surface area contributed by atoms with Crippen LogP contribution >= 0.6 is 0 Å². The molecule has 2 aromatic carbocycles. The van der Waals surface area contributed by atoms with Crippen LogP contribution in [0.15, 0.2) is 48.8 Å². The minimum Gasteiger partial charge on any atom is -0.493 e. The lowest BCUT2D eigenvalue weighted by Crippen LogP contribution is -2.14. The Labute approximate surface area is 166 Å². The van der Waals surface area contributed by atoms with Gasteiger partial charge in [-0.3, -0.25) is 4.79 Å². The van der Waals surface area contributed by atoms with Gasteiger partial charge in [-0.2, -0.15) is 0 Å². The standard InChI is InChI=1S/C20H19FN4O4/c1-27-16-8-12(9-17(28-2)19(16)29-3)24-20(26)15-10-18(23-11-22-15)25-14-7-5-4-6-13(14)21/h4-11H,1-3H3,(H,24,26)(H,22,23,25). The van der Waals surface area contributed by atoms with Crippen LogP contribution in [0.2, 0.25) is 0 Å². The van der Waals surface area contributed by atoms with Gasteiger partial charge in [-0.15, -0.1) is 0 Å². The molecule has 8 nitrogen and oxygen atoms in total. The first kappa shape index (κ1) is 19.9. The molecule has 0 unspecified atom stereocenters. The zero-order valence-corrected chi connectivity index (χ0v) is 16.0. The maximum absolute atomic E-state index is 13.8. The van der Waals surface area contributed by atoms with Crippen molar-refractivity contribution in [1.82, 2.24) is 9.97 Å². The van der Waals surface area contributed by atoms with Crippen molar-refractivity contribution in [2.45, 2.75) is 0 Å². The highest BCUT2D eigenvalue weighted by atomic mass is 19.1. The summed E-state index contributed by atoms with van der Waals surface area (Å²) in [7, 11) is 4.45. The number of aromatic nitrogens is 2. The highest BCUT2D eigenvalue weighted by molar-refractivity contribution is 6.03. The van der Waals surface area contributed by atoms with E-state index in [9.17, 15) is 9.18 Å². The Morgan fingerprint density at radius 1 is 0.966 bits per heavy atom. The SMILES string of the molecule is COc1cc(NC(=O)c2cc(Nc3ccccc3F)ncn2)cc(OC)c1OC. The van der Waals surface area contributed by atoms with Crippen molar-refractivity contribution in [2.24, 2.45) is 0 Å². The molecular formula is C20H19FN4O4. The molecule has 0 bridgehead atoms. The molecule has 0 saturated carbocycles. The average molecular weight is 398 g/mol. The van der Waals surface area contributed by atoms with Gasteiger partial charge in [-0.05, 0) is 12.1 Å². The lowest BCUT2D eigenvalue weighted by atomic mass is 10.2. The van der Waals surface area contributed by atoms with Gasteiger partial charge in [0, 0.05) is 23.9 Å². The third-order valence-corrected chi connectivity index (χ3v) is 3.96. The van der Waals surface area contributed by atoms with Crippen molar-refractivity contribution in [3.63, 3.8) is 0 Å². The number of nitrogens with zero attached hydrogens (tertiary/aromatic N) is 2. The Balaban J connectivity index is 1.82. The molecule has 0 aliphatic carbocycles. The van der Waals surface area contributed by atoms with Gasteiger partial charge in [0.15, 0.2) is 11.5 Å². The van der Waals surface area contributed by atoms with Gasteiger partial charge < -0.3 is 24.8 Å². The number of carbonyl (C=O) groups is 1. The molecule has 1 aromatic heterocycles. The molecule has 2 N–H and O–H groups in total. The number of nitrogens with one attached hydrogen (secondary N) is 2. The summed E-state index contributed by atoms with van der Waals surface area (Å²) in [4.78, 5) is 20.6. The van der Waals surface area contributed by atoms with Gasteiger partial charge in [-0.25, -0.2) is 14.4 Å². The van der Waals surface area contributed by atoms with Crippen molar-refractivity contribution in [3.8, 4) is 17.2 Å². The number of halogens is 1. The number of benzene rings is 2. The summed E-state index contributed by atoms with van der Waals surface area (Å²) in [6, 6.07) is 10.8. The molecule has 3 aromatic rings. The number of para-hydroxylation sites is 1. The molecule has 1 amide bonds. The Kier molecular flexibility index (Phi) is 6.08. The van der Waals surface area contributed by atoms with Crippen LogP contribution in [0, 0.1) is 5.82 Å². The minimum absolute atomic E-state index is 0.0904. The van der Waals surface area contributed by atoms with E-state index < -0.39 is 11.7 Å². The first-order valence-electron chi connectivity index (χ1n) is 8.50. The molecule has 0 atom stereocenters. The highest BCUT2D eigenvalue weighted by Gasteiger charge is 2.16. The lowest BCUT2D eigenvalue weighted by Gasteiger charge is -2.14. The number of carbonyl (C=O) groups excluding carboxylic acids is 1. The molecule has 0 radical (unpaired) electrons. The maximum Gasteiger partial charge on any atom is 0.274 e. The Morgan fingerprint density at radius 2 is 1.66 bits per heavy atom. The fourth-order valence-corrected chi connectivity index (χ4v) is 2.60. The smallest absolute Gasteiger partial charge is 0.274 e. The van der Waals surface area contributed by atoms with Crippen molar-refractivity contribution in [2.75, 3.05) is 32.0 Å². The predicted molar refractivity (Wildman–Crippen MR) is 106 cm³/mol. The van der Waals surface area contributed by atoms with Gasteiger partial charge in [-0.1, -0.05) is 12.1 Å². The number of ether oxygens (including phenoxy) is 3. The van der Waals surface area contributed by atoms with Gasteiger partial charge in [0.05, 0.1) is 27.0 Å². The average Bonchev–Trinajstić information content (AvgIpc) is 2.74. The zero-order chi connectivity index (χ0) is 20.8. The van der Waals surface area contributed by atoms with Crippen molar-refractivity contribution in [1.29, 1.82) is 0 Å². The zero-order valence-electron chi connectivity index (χ0n) is 16.0. The van der Waals surface area contributed by atoms with E-state index in [0.29, 0.717) is 22.9 Å². The van der Waals surface area contributed by atoms with E-state index in [2.05, 4.69) is 20.6 Å². The van der Waals surface area contributed by atoms with E-state index >= 15 is 0 Å². The van der Waals surface area contributed by atoms with Crippen molar-refractivity contribution in [3.05, 3.63) is 60.3 Å². The second kappa shape index (κ2) is 8.87. The second-order valence-electron chi connectivity index (χ2n) is 5.76. The third kappa shape index (κ3) is 4.52. The van der Waals surface area contributed by atoms with Gasteiger partial charge >= 0.3 is 0 Å². The van der Waals surface area contributed by atoms with E-state index in [0.717, 1.165) is 0 Å². The van der Waals surface area contributed by atoms with Crippen molar-refractivity contribution < 1.29 is 23.4 Å².